The molecule has 1 aliphatic heterocycles. The monoisotopic (exact) mass is 231 g/mol. The molecule has 1 N–H and O–H groups in total. The molecular weight excluding hydrogens is 210 g/mol. The van der Waals surface area contributed by atoms with Crippen molar-refractivity contribution in [2.75, 3.05) is 13.2 Å². The van der Waals surface area contributed by atoms with Crippen LogP contribution in [0.5, 0.6) is 0 Å². The predicted molar refractivity (Wildman–Crippen MR) is 64.0 cm³/mol. The molecular formula is C11H21NO2S. The van der Waals surface area contributed by atoms with Gasteiger partial charge in [-0.25, -0.2) is 0 Å². The van der Waals surface area contributed by atoms with Gasteiger partial charge in [0.25, 0.3) is 0 Å². The van der Waals surface area contributed by atoms with Gasteiger partial charge in [-0.15, -0.1) is 0 Å². The summed E-state index contributed by atoms with van der Waals surface area (Å²) in [5.41, 5.74) is 0. The van der Waals surface area contributed by atoms with Crippen molar-refractivity contribution in [3.05, 3.63) is 0 Å². The normalized spacial score (nSPS) is 24.3. The minimum absolute atomic E-state index is 0.0136. The van der Waals surface area contributed by atoms with Gasteiger partial charge in [0.05, 0.1) is 17.9 Å². The fraction of sp³-hybridized carbons (Fsp3) is 0.909. The minimum Gasteiger partial charge on any atom is -0.394 e. The molecule has 1 heterocycles. The maximum Gasteiger partial charge on any atom is 0.236 e. The third-order valence-electron chi connectivity index (χ3n) is 3.01. The number of likely N-dealkylation sites (tertiary alicyclic amines) is 1. The molecule has 0 aromatic rings. The Hall–Kier alpha value is -0.220. The fourth-order valence-electron chi connectivity index (χ4n) is 1.94. The molecule has 1 rings (SSSR count). The number of nitrogens with zero attached hydrogens (tertiary/aromatic N) is 1. The highest BCUT2D eigenvalue weighted by Gasteiger charge is 2.30. The Morgan fingerprint density at radius 3 is 2.73 bits per heavy atom. The van der Waals surface area contributed by atoms with Gasteiger partial charge < -0.3 is 10.0 Å². The second kappa shape index (κ2) is 5.75. The van der Waals surface area contributed by atoms with Crippen LogP contribution in [0.25, 0.3) is 0 Å². The zero-order valence-corrected chi connectivity index (χ0v) is 10.4. The number of piperidine rings is 1. The van der Waals surface area contributed by atoms with E-state index in [0.717, 1.165) is 25.8 Å². The Kier molecular flexibility index (Phi) is 4.93. The van der Waals surface area contributed by atoms with Crippen molar-refractivity contribution in [3.63, 3.8) is 0 Å². The van der Waals surface area contributed by atoms with Crippen molar-refractivity contribution in [1.29, 1.82) is 0 Å². The molecule has 0 radical (unpaired) electrons. The van der Waals surface area contributed by atoms with Crippen molar-refractivity contribution in [2.45, 2.75) is 44.4 Å². The highest BCUT2D eigenvalue weighted by molar-refractivity contribution is 7.81. The second-order valence-corrected chi connectivity index (χ2v) is 5.11. The Balaban J connectivity index is 2.63. The van der Waals surface area contributed by atoms with Crippen molar-refractivity contribution in [3.8, 4) is 0 Å². The number of thiol groups is 1. The van der Waals surface area contributed by atoms with Crippen LogP contribution in [-0.4, -0.2) is 40.4 Å². The topological polar surface area (TPSA) is 40.5 Å². The van der Waals surface area contributed by atoms with Crippen LogP contribution in [0.3, 0.4) is 0 Å². The maximum absolute atomic E-state index is 12.0. The van der Waals surface area contributed by atoms with E-state index in [4.69, 9.17) is 0 Å². The number of carbonyl (C=O) groups is 1. The Labute approximate surface area is 97.3 Å². The third kappa shape index (κ3) is 3.11. The molecule has 3 nitrogen and oxygen atoms in total. The van der Waals surface area contributed by atoms with E-state index in [1.54, 1.807) is 4.90 Å². The lowest BCUT2D eigenvalue weighted by Crippen LogP contribution is -2.49. The summed E-state index contributed by atoms with van der Waals surface area (Å²) >= 11 is 4.34. The molecule has 0 aliphatic carbocycles. The molecule has 0 bridgehead atoms. The molecule has 4 heteroatoms. The van der Waals surface area contributed by atoms with Crippen molar-refractivity contribution in [2.24, 2.45) is 5.92 Å². The van der Waals surface area contributed by atoms with E-state index in [-0.39, 0.29) is 29.7 Å². The first-order valence-corrected chi connectivity index (χ1v) is 6.19. The number of rotatable bonds is 3. The molecule has 1 aliphatic rings. The van der Waals surface area contributed by atoms with Crippen LogP contribution in [-0.2, 0) is 4.79 Å². The van der Waals surface area contributed by atoms with E-state index in [1.165, 1.54) is 0 Å². The van der Waals surface area contributed by atoms with Gasteiger partial charge in [-0.05, 0) is 25.2 Å². The SMILES string of the molecule is CC(C)C(S)C(=O)N1CCCCC1CO. The number of aliphatic hydroxyl groups is 1. The summed E-state index contributed by atoms with van der Waals surface area (Å²) in [5, 5.41) is 8.97. The first-order chi connectivity index (χ1) is 7.07. The zero-order valence-electron chi connectivity index (χ0n) is 9.52. The number of carbonyl (C=O) groups excluding carboxylic acids is 1. The van der Waals surface area contributed by atoms with Gasteiger partial charge in [-0.1, -0.05) is 13.8 Å². The summed E-state index contributed by atoms with van der Waals surface area (Å²) in [6.45, 7) is 4.83. The predicted octanol–water partition coefficient (Wildman–Crippen LogP) is 1.31. The molecule has 15 heavy (non-hydrogen) atoms. The largest absolute Gasteiger partial charge is 0.394 e. The smallest absolute Gasteiger partial charge is 0.236 e. The molecule has 88 valence electrons. The summed E-state index contributed by atoms with van der Waals surface area (Å²) in [4.78, 5) is 13.9. The highest BCUT2D eigenvalue weighted by Crippen LogP contribution is 2.21. The number of hydrogen-bond acceptors (Lipinski definition) is 3. The molecule has 2 unspecified atom stereocenters. The van der Waals surface area contributed by atoms with Crippen LogP contribution in [0.15, 0.2) is 0 Å². The molecule has 0 aromatic heterocycles. The van der Waals surface area contributed by atoms with Gasteiger partial charge in [-0.3, -0.25) is 4.79 Å². The van der Waals surface area contributed by atoms with Gasteiger partial charge >= 0.3 is 0 Å². The van der Waals surface area contributed by atoms with E-state index >= 15 is 0 Å². The Morgan fingerprint density at radius 2 is 2.20 bits per heavy atom. The van der Waals surface area contributed by atoms with Crippen molar-refractivity contribution >= 4 is 18.5 Å². The van der Waals surface area contributed by atoms with Gasteiger partial charge in [-0.2, -0.15) is 12.6 Å². The maximum atomic E-state index is 12.0. The van der Waals surface area contributed by atoms with Crippen LogP contribution >= 0.6 is 12.6 Å². The average molecular weight is 231 g/mol. The van der Waals surface area contributed by atoms with E-state index in [9.17, 15) is 9.90 Å². The van der Waals surface area contributed by atoms with E-state index < -0.39 is 0 Å². The lowest BCUT2D eigenvalue weighted by atomic mass is 10.0. The van der Waals surface area contributed by atoms with Gasteiger partial charge in [0, 0.05) is 6.54 Å². The molecule has 0 spiro atoms. The number of aliphatic hydroxyl groups excluding tert-OH is 1. The second-order valence-electron chi connectivity index (χ2n) is 4.55. The van der Waals surface area contributed by atoms with Gasteiger partial charge in [0.15, 0.2) is 0 Å². The summed E-state index contributed by atoms with van der Waals surface area (Å²) in [5.74, 6) is 0.314. The van der Waals surface area contributed by atoms with E-state index in [1.807, 2.05) is 13.8 Å². The fourth-order valence-corrected chi connectivity index (χ4v) is 2.08. The molecule has 1 fully saturated rings. The number of amides is 1. The average Bonchev–Trinajstić information content (AvgIpc) is 2.26. The quantitative estimate of drug-likeness (QED) is 0.719. The molecule has 1 amide bonds. The molecule has 0 aromatic carbocycles. The van der Waals surface area contributed by atoms with Crippen LogP contribution in [0.2, 0.25) is 0 Å². The standard InChI is InChI=1S/C11H21NO2S/c1-8(2)10(15)11(14)12-6-4-3-5-9(12)7-13/h8-10,13,15H,3-7H2,1-2H3. The zero-order chi connectivity index (χ0) is 11.4. The Bertz CT molecular complexity index is 221. The van der Waals surface area contributed by atoms with Crippen LogP contribution in [0.1, 0.15) is 33.1 Å². The van der Waals surface area contributed by atoms with Crippen LogP contribution < -0.4 is 0 Å². The highest BCUT2D eigenvalue weighted by atomic mass is 32.1. The number of hydrogen-bond donors (Lipinski definition) is 2. The lowest BCUT2D eigenvalue weighted by molar-refractivity contribution is -0.136. The minimum atomic E-state index is -0.239. The van der Waals surface area contributed by atoms with Crippen molar-refractivity contribution < 1.29 is 9.90 Å². The summed E-state index contributed by atoms with van der Waals surface area (Å²) in [6, 6.07) is 0.0136. The third-order valence-corrected chi connectivity index (χ3v) is 3.82. The molecule has 0 saturated carbocycles. The van der Waals surface area contributed by atoms with Crippen LogP contribution in [0.4, 0.5) is 0 Å². The summed E-state index contributed by atoms with van der Waals surface area (Å²) in [6.07, 6.45) is 3.07. The molecule has 2 atom stereocenters. The molecule has 1 saturated heterocycles. The Morgan fingerprint density at radius 1 is 1.53 bits per heavy atom. The van der Waals surface area contributed by atoms with Crippen LogP contribution in [0, 0.1) is 5.92 Å². The van der Waals surface area contributed by atoms with Gasteiger partial charge in [0.1, 0.15) is 0 Å². The summed E-state index contributed by atoms with van der Waals surface area (Å²) < 4.78 is 0. The first kappa shape index (κ1) is 12.8. The lowest BCUT2D eigenvalue weighted by Gasteiger charge is -2.36. The van der Waals surface area contributed by atoms with Gasteiger partial charge in [0.2, 0.25) is 5.91 Å². The van der Waals surface area contributed by atoms with E-state index in [2.05, 4.69) is 12.6 Å². The summed E-state index contributed by atoms with van der Waals surface area (Å²) in [7, 11) is 0. The van der Waals surface area contributed by atoms with E-state index in [0.29, 0.717) is 0 Å². The van der Waals surface area contributed by atoms with Crippen molar-refractivity contribution in [1.82, 2.24) is 4.90 Å². The first-order valence-electron chi connectivity index (χ1n) is 5.67.